The van der Waals surface area contributed by atoms with Crippen molar-refractivity contribution in [1.82, 2.24) is 4.90 Å². The first-order valence-electron chi connectivity index (χ1n) is 11.2. The maximum absolute atomic E-state index is 12.6. The van der Waals surface area contributed by atoms with E-state index in [0.717, 1.165) is 5.69 Å². The maximum Gasteiger partial charge on any atom is 0.260 e. The van der Waals surface area contributed by atoms with Crippen LogP contribution in [0.2, 0.25) is 5.02 Å². The number of piperidine rings is 1. The fourth-order valence-corrected chi connectivity index (χ4v) is 3.99. The van der Waals surface area contributed by atoms with Gasteiger partial charge in [-0.05, 0) is 73.5 Å². The molecule has 6 nitrogen and oxygen atoms in total. The second-order valence-electron chi connectivity index (χ2n) is 8.16. The predicted octanol–water partition coefficient (Wildman–Crippen LogP) is 4.83. The molecule has 1 heterocycles. The number of carbonyl (C=O) groups excluding carboxylic acids is 3. The number of halogens is 1. The number of likely N-dealkylation sites (tertiary alicyclic amines) is 1. The van der Waals surface area contributed by atoms with Crippen LogP contribution in [0.3, 0.4) is 0 Å². The van der Waals surface area contributed by atoms with Gasteiger partial charge in [-0.3, -0.25) is 14.4 Å². The summed E-state index contributed by atoms with van der Waals surface area (Å²) in [6, 6.07) is 22.8. The molecule has 3 aromatic rings. The summed E-state index contributed by atoms with van der Waals surface area (Å²) in [6.07, 6.45) is 1.23. The maximum atomic E-state index is 12.6. The standard InChI is InChI=1S/C27H25ClN2O4/c28-22-10-6-19(7-11-22)26(32)20-8-12-24(13-9-20)34-18-25(31)30-16-14-21(15-17-30)27(33)29-23-4-2-1-3-5-23/h1-13,21H,14-18H2,(H,29,33). The monoisotopic (exact) mass is 476 g/mol. The van der Waals surface area contributed by atoms with Crippen molar-refractivity contribution in [2.24, 2.45) is 5.92 Å². The highest BCUT2D eigenvalue weighted by Crippen LogP contribution is 2.21. The summed E-state index contributed by atoms with van der Waals surface area (Å²) in [5, 5.41) is 3.50. The largest absolute Gasteiger partial charge is 0.484 e. The van der Waals surface area contributed by atoms with Crippen LogP contribution in [0.25, 0.3) is 0 Å². The molecule has 1 fully saturated rings. The average molecular weight is 477 g/mol. The first-order chi connectivity index (χ1) is 16.5. The van der Waals surface area contributed by atoms with E-state index in [0.29, 0.717) is 47.8 Å². The number of anilines is 1. The summed E-state index contributed by atoms with van der Waals surface area (Å²) in [5.41, 5.74) is 1.85. The van der Waals surface area contributed by atoms with Crippen molar-refractivity contribution >= 4 is 34.9 Å². The van der Waals surface area contributed by atoms with Crippen molar-refractivity contribution in [2.45, 2.75) is 12.8 Å². The van der Waals surface area contributed by atoms with Gasteiger partial charge in [0.05, 0.1) is 0 Å². The Morgan fingerprint density at radius 2 is 1.44 bits per heavy atom. The number of ether oxygens (including phenoxy) is 1. The van der Waals surface area contributed by atoms with E-state index in [2.05, 4.69) is 5.32 Å². The molecular formula is C27H25ClN2O4. The van der Waals surface area contributed by atoms with E-state index in [-0.39, 0.29) is 30.1 Å². The van der Waals surface area contributed by atoms with Gasteiger partial charge in [0.25, 0.3) is 5.91 Å². The summed E-state index contributed by atoms with van der Waals surface area (Å²) >= 11 is 5.87. The molecule has 1 saturated heterocycles. The molecule has 1 aliphatic rings. The molecule has 1 N–H and O–H groups in total. The first-order valence-corrected chi connectivity index (χ1v) is 11.5. The Bertz CT molecular complexity index is 1140. The van der Waals surface area contributed by atoms with Crippen LogP contribution in [-0.4, -0.2) is 42.2 Å². The Kier molecular flexibility index (Phi) is 7.60. The molecule has 7 heteroatoms. The van der Waals surface area contributed by atoms with Crippen LogP contribution in [0.1, 0.15) is 28.8 Å². The molecule has 0 atom stereocenters. The molecule has 0 bridgehead atoms. The van der Waals surface area contributed by atoms with Gasteiger partial charge in [0.1, 0.15) is 5.75 Å². The van der Waals surface area contributed by atoms with Gasteiger partial charge in [-0.25, -0.2) is 0 Å². The molecule has 1 aliphatic heterocycles. The molecule has 174 valence electrons. The Hall–Kier alpha value is -3.64. The molecule has 4 rings (SSSR count). The molecule has 0 aromatic heterocycles. The van der Waals surface area contributed by atoms with Crippen LogP contribution in [0.5, 0.6) is 5.75 Å². The average Bonchev–Trinajstić information content (AvgIpc) is 2.88. The topological polar surface area (TPSA) is 75.7 Å². The highest BCUT2D eigenvalue weighted by atomic mass is 35.5. The van der Waals surface area contributed by atoms with Gasteiger partial charge in [0.2, 0.25) is 5.91 Å². The van der Waals surface area contributed by atoms with Gasteiger partial charge >= 0.3 is 0 Å². The number of amides is 2. The normalized spacial score (nSPS) is 13.9. The van der Waals surface area contributed by atoms with Gasteiger partial charge in [-0.15, -0.1) is 0 Å². The quantitative estimate of drug-likeness (QED) is 0.496. The van der Waals surface area contributed by atoms with E-state index in [9.17, 15) is 14.4 Å². The van der Waals surface area contributed by atoms with E-state index < -0.39 is 0 Å². The van der Waals surface area contributed by atoms with Crippen LogP contribution in [-0.2, 0) is 9.59 Å². The minimum absolute atomic E-state index is 0.0113. The van der Waals surface area contributed by atoms with Gasteiger partial charge in [-0.2, -0.15) is 0 Å². The smallest absolute Gasteiger partial charge is 0.260 e. The Labute approximate surface area is 203 Å². The second-order valence-corrected chi connectivity index (χ2v) is 8.60. The first kappa shape index (κ1) is 23.5. The number of hydrogen-bond acceptors (Lipinski definition) is 4. The zero-order valence-corrected chi connectivity index (χ0v) is 19.3. The number of rotatable bonds is 7. The van der Waals surface area contributed by atoms with Gasteiger partial charge in [0.15, 0.2) is 12.4 Å². The fourth-order valence-electron chi connectivity index (χ4n) is 3.86. The third-order valence-corrected chi connectivity index (χ3v) is 6.10. The molecule has 0 unspecified atom stereocenters. The number of carbonyl (C=O) groups is 3. The highest BCUT2D eigenvalue weighted by Gasteiger charge is 2.27. The van der Waals surface area contributed by atoms with E-state index >= 15 is 0 Å². The van der Waals surface area contributed by atoms with Crippen molar-refractivity contribution < 1.29 is 19.1 Å². The van der Waals surface area contributed by atoms with Crippen molar-refractivity contribution in [3.8, 4) is 5.75 Å². The zero-order valence-electron chi connectivity index (χ0n) is 18.6. The van der Waals surface area contributed by atoms with Crippen LogP contribution in [0, 0.1) is 5.92 Å². The number of nitrogens with one attached hydrogen (secondary N) is 1. The molecule has 0 spiro atoms. The Morgan fingerprint density at radius 3 is 2.06 bits per heavy atom. The second kappa shape index (κ2) is 11.0. The number of ketones is 1. The van der Waals surface area contributed by atoms with Crippen LogP contribution < -0.4 is 10.1 Å². The van der Waals surface area contributed by atoms with Crippen LogP contribution in [0.15, 0.2) is 78.9 Å². The number of hydrogen-bond donors (Lipinski definition) is 1. The molecule has 0 saturated carbocycles. The fraction of sp³-hybridized carbons (Fsp3) is 0.222. The van der Waals surface area contributed by atoms with Gasteiger partial charge in [-0.1, -0.05) is 29.8 Å². The predicted molar refractivity (Wildman–Crippen MR) is 131 cm³/mol. The van der Waals surface area contributed by atoms with Crippen molar-refractivity contribution in [3.05, 3.63) is 95.0 Å². The SMILES string of the molecule is O=C(c1ccc(Cl)cc1)c1ccc(OCC(=O)N2CCC(C(=O)Nc3ccccc3)CC2)cc1. The van der Waals surface area contributed by atoms with E-state index in [1.165, 1.54) is 0 Å². The van der Waals surface area contributed by atoms with Gasteiger partial charge < -0.3 is 15.0 Å². The molecule has 2 amide bonds. The molecule has 3 aromatic carbocycles. The van der Waals surface area contributed by atoms with Crippen LogP contribution in [0.4, 0.5) is 5.69 Å². The zero-order chi connectivity index (χ0) is 23.9. The van der Waals surface area contributed by atoms with Gasteiger partial charge in [0, 0.05) is 40.8 Å². The minimum Gasteiger partial charge on any atom is -0.484 e. The molecule has 0 aliphatic carbocycles. The third kappa shape index (κ3) is 6.02. The lowest BCUT2D eigenvalue weighted by atomic mass is 9.95. The van der Waals surface area contributed by atoms with Crippen LogP contribution >= 0.6 is 11.6 Å². The lowest BCUT2D eigenvalue weighted by Crippen LogP contribution is -2.43. The summed E-state index contributed by atoms with van der Waals surface area (Å²) in [6.45, 7) is 0.943. The number of benzene rings is 3. The third-order valence-electron chi connectivity index (χ3n) is 5.85. The van der Waals surface area contributed by atoms with E-state index in [1.54, 1.807) is 53.4 Å². The van der Waals surface area contributed by atoms with E-state index in [1.807, 2.05) is 30.3 Å². The molecule has 34 heavy (non-hydrogen) atoms. The summed E-state index contributed by atoms with van der Waals surface area (Å²) in [5.74, 6) is 0.151. The highest BCUT2D eigenvalue weighted by molar-refractivity contribution is 6.30. The molecule has 0 radical (unpaired) electrons. The Balaban J connectivity index is 1.23. The van der Waals surface area contributed by atoms with Crippen molar-refractivity contribution in [3.63, 3.8) is 0 Å². The lowest BCUT2D eigenvalue weighted by Gasteiger charge is -2.31. The minimum atomic E-state index is -0.122. The summed E-state index contributed by atoms with van der Waals surface area (Å²) in [7, 11) is 0. The molecular weight excluding hydrogens is 452 g/mol. The summed E-state index contributed by atoms with van der Waals surface area (Å²) in [4.78, 5) is 39.3. The van der Waals surface area contributed by atoms with E-state index in [4.69, 9.17) is 16.3 Å². The van der Waals surface area contributed by atoms with Crippen molar-refractivity contribution in [2.75, 3.05) is 25.0 Å². The number of nitrogens with zero attached hydrogens (tertiary/aromatic N) is 1. The van der Waals surface area contributed by atoms with Crippen molar-refractivity contribution in [1.29, 1.82) is 0 Å². The lowest BCUT2D eigenvalue weighted by molar-refractivity contribution is -0.136. The number of para-hydroxylation sites is 1. The Morgan fingerprint density at radius 1 is 0.853 bits per heavy atom. The summed E-state index contributed by atoms with van der Waals surface area (Å²) < 4.78 is 5.63.